The van der Waals surface area contributed by atoms with E-state index >= 15 is 0 Å². The molecule has 7 heteroatoms. The lowest BCUT2D eigenvalue weighted by atomic mass is 10.2. The van der Waals surface area contributed by atoms with Gasteiger partial charge < -0.3 is 9.64 Å². The Balaban J connectivity index is 2.34. The molecule has 1 aromatic heterocycles. The van der Waals surface area contributed by atoms with E-state index in [-0.39, 0.29) is 16.7 Å². The third kappa shape index (κ3) is 3.41. The maximum Gasteiger partial charge on any atom is 0.311 e. The molecule has 0 amide bonds. The first-order chi connectivity index (χ1) is 10.0. The highest BCUT2D eigenvalue weighted by atomic mass is 35.5. The van der Waals surface area contributed by atoms with E-state index < -0.39 is 4.92 Å². The Morgan fingerprint density at radius 3 is 2.71 bits per heavy atom. The fourth-order valence-electron chi connectivity index (χ4n) is 2.01. The number of hydrogen-bond donors (Lipinski definition) is 0. The summed E-state index contributed by atoms with van der Waals surface area (Å²) in [5.41, 5.74) is 0.815. The molecule has 2 aromatic rings. The van der Waals surface area contributed by atoms with Gasteiger partial charge in [-0.25, -0.2) is 4.98 Å². The Hall–Kier alpha value is -2.34. The Morgan fingerprint density at radius 1 is 1.33 bits per heavy atom. The summed E-state index contributed by atoms with van der Waals surface area (Å²) in [6.45, 7) is 0.415. The Labute approximate surface area is 127 Å². The molecule has 0 aliphatic rings. The zero-order valence-corrected chi connectivity index (χ0v) is 12.4. The van der Waals surface area contributed by atoms with E-state index in [1.165, 1.54) is 12.1 Å². The molecule has 0 saturated carbocycles. The van der Waals surface area contributed by atoms with E-state index in [1.54, 1.807) is 19.1 Å². The van der Waals surface area contributed by atoms with Crippen molar-refractivity contribution in [3.8, 4) is 5.75 Å². The quantitative estimate of drug-likeness (QED) is 0.481. The van der Waals surface area contributed by atoms with Crippen LogP contribution in [0.25, 0.3) is 0 Å². The number of aromatic nitrogens is 1. The van der Waals surface area contributed by atoms with Gasteiger partial charge in [0.25, 0.3) is 0 Å². The van der Waals surface area contributed by atoms with Crippen molar-refractivity contribution >= 4 is 23.1 Å². The van der Waals surface area contributed by atoms with Gasteiger partial charge in [-0.1, -0.05) is 29.8 Å². The zero-order valence-electron chi connectivity index (χ0n) is 11.6. The molecule has 0 fully saturated rings. The van der Waals surface area contributed by atoms with Crippen LogP contribution in [0.4, 0.5) is 11.5 Å². The predicted octanol–water partition coefficient (Wildman–Crippen LogP) is 3.29. The maximum atomic E-state index is 11.1. The van der Waals surface area contributed by atoms with Crippen molar-refractivity contribution in [2.45, 2.75) is 6.54 Å². The van der Waals surface area contributed by atoms with Gasteiger partial charge in [0.2, 0.25) is 5.82 Å². The van der Waals surface area contributed by atoms with Crippen molar-refractivity contribution in [2.24, 2.45) is 0 Å². The number of nitrogens with zero attached hydrogens (tertiary/aromatic N) is 3. The molecule has 0 spiro atoms. The van der Waals surface area contributed by atoms with E-state index in [4.69, 9.17) is 16.3 Å². The molecule has 1 heterocycles. The van der Waals surface area contributed by atoms with Crippen molar-refractivity contribution in [3.05, 3.63) is 57.2 Å². The number of para-hydroxylation sites is 1. The molecular weight excluding hydrogens is 294 g/mol. The van der Waals surface area contributed by atoms with E-state index in [1.807, 2.05) is 24.3 Å². The van der Waals surface area contributed by atoms with Gasteiger partial charge in [0.15, 0.2) is 0 Å². The first kappa shape index (κ1) is 15.1. The van der Waals surface area contributed by atoms with Crippen LogP contribution in [-0.4, -0.2) is 24.1 Å². The van der Waals surface area contributed by atoms with Gasteiger partial charge in [-0.3, -0.25) is 10.1 Å². The molecule has 0 N–H and O–H groups in total. The number of halogens is 1. The van der Waals surface area contributed by atoms with Crippen LogP contribution in [0, 0.1) is 10.1 Å². The minimum atomic E-state index is -0.475. The molecule has 0 unspecified atom stereocenters. The number of pyridine rings is 1. The topological polar surface area (TPSA) is 68.5 Å². The standard InChI is InChI=1S/C14H14ClN3O3/c1-17(9-10-5-3-4-6-12(10)21-2)14-11(18(19)20)7-8-13(15)16-14/h3-8H,9H2,1-2H3. The van der Waals surface area contributed by atoms with E-state index in [2.05, 4.69) is 4.98 Å². The smallest absolute Gasteiger partial charge is 0.311 e. The van der Waals surface area contributed by atoms with Gasteiger partial charge in [0.1, 0.15) is 10.9 Å². The highest BCUT2D eigenvalue weighted by Gasteiger charge is 2.20. The minimum Gasteiger partial charge on any atom is -0.496 e. The molecule has 0 aliphatic heterocycles. The second-order valence-corrected chi connectivity index (χ2v) is 4.79. The Morgan fingerprint density at radius 2 is 2.05 bits per heavy atom. The number of benzene rings is 1. The van der Waals surface area contributed by atoms with Gasteiger partial charge in [-0.05, 0) is 12.1 Å². The van der Waals surface area contributed by atoms with Crippen molar-refractivity contribution in [1.29, 1.82) is 0 Å². The van der Waals surface area contributed by atoms with Crippen LogP contribution in [0.2, 0.25) is 5.15 Å². The van der Waals surface area contributed by atoms with Gasteiger partial charge >= 0.3 is 5.69 Å². The maximum absolute atomic E-state index is 11.1. The molecule has 0 bridgehead atoms. The zero-order chi connectivity index (χ0) is 15.4. The average Bonchev–Trinajstić information content (AvgIpc) is 2.47. The third-order valence-corrected chi connectivity index (χ3v) is 3.19. The van der Waals surface area contributed by atoms with E-state index in [0.717, 1.165) is 5.56 Å². The van der Waals surface area contributed by atoms with Crippen molar-refractivity contribution in [1.82, 2.24) is 4.98 Å². The van der Waals surface area contributed by atoms with E-state index in [9.17, 15) is 10.1 Å². The summed E-state index contributed by atoms with van der Waals surface area (Å²) in [6.07, 6.45) is 0. The van der Waals surface area contributed by atoms with Gasteiger partial charge in [-0.2, -0.15) is 0 Å². The first-order valence-electron chi connectivity index (χ1n) is 6.17. The largest absolute Gasteiger partial charge is 0.496 e. The van der Waals surface area contributed by atoms with Crippen LogP contribution < -0.4 is 9.64 Å². The van der Waals surface area contributed by atoms with Crippen molar-refractivity contribution < 1.29 is 9.66 Å². The van der Waals surface area contributed by atoms with Gasteiger partial charge in [0, 0.05) is 25.2 Å². The predicted molar refractivity (Wildman–Crippen MR) is 81.0 cm³/mol. The lowest BCUT2D eigenvalue weighted by molar-refractivity contribution is -0.384. The average molecular weight is 308 g/mol. The van der Waals surface area contributed by atoms with E-state index in [0.29, 0.717) is 12.3 Å². The summed E-state index contributed by atoms with van der Waals surface area (Å²) in [4.78, 5) is 16.3. The summed E-state index contributed by atoms with van der Waals surface area (Å²) in [5.74, 6) is 0.937. The third-order valence-electron chi connectivity index (χ3n) is 2.98. The Bertz CT molecular complexity index is 664. The molecular formula is C14H14ClN3O3. The summed E-state index contributed by atoms with van der Waals surface area (Å²) in [6, 6.07) is 10.2. The van der Waals surface area contributed by atoms with Crippen molar-refractivity contribution in [2.75, 3.05) is 19.1 Å². The summed E-state index contributed by atoms with van der Waals surface area (Å²) >= 11 is 5.84. The highest BCUT2D eigenvalue weighted by Crippen LogP contribution is 2.29. The summed E-state index contributed by atoms with van der Waals surface area (Å²) < 4.78 is 5.28. The summed E-state index contributed by atoms with van der Waals surface area (Å²) in [5, 5.41) is 11.3. The Kier molecular flexibility index (Phi) is 4.59. The molecule has 21 heavy (non-hydrogen) atoms. The van der Waals surface area contributed by atoms with Crippen LogP contribution in [0.15, 0.2) is 36.4 Å². The number of ether oxygens (including phenoxy) is 1. The van der Waals surface area contributed by atoms with Crippen LogP contribution in [0.3, 0.4) is 0 Å². The number of rotatable bonds is 5. The molecule has 0 aliphatic carbocycles. The van der Waals surface area contributed by atoms with Crippen LogP contribution >= 0.6 is 11.6 Å². The molecule has 1 aromatic carbocycles. The fraction of sp³-hybridized carbons (Fsp3) is 0.214. The van der Waals surface area contributed by atoms with Crippen LogP contribution in [0.5, 0.6) is 5.75 Å². The van der Waals surface area contributed by atoms with Crippen LogP contribution in [0.1, 0.15) is 5.56 Å². The first-order valence-corrected chi connectivity index (χ1v) is 6.54. The fourth-order valence-corrected chi connectivity index (χ4v) is 2.15. The number of nitro groups is 1. The summed E-state index contributed by atoms with van der Waals surface area (Å²) in [7, 11) is 3.30. The number of hydrogen-bond acceptors (Lipinski definition) is 5. The lowest BCUT2D eigenvalue weighted by Gasteiger charge is -2.19. The highest BCUT2D eigenvalue weighted by molar-refractivity contribution is 6.29. The van der Waals surface area contributed by atoms with Crippen molar-refractivity contribution in [3.63, 3.8) is 0 Å². The molecule has 0 saturated heterocycles. The second-order valence-electron chi connectivity index (χ2n) is 4.40. The minimum absolute atomic E-state index is 0.0863. The normalized spacial score (nSPS) is 10.2. The molecule has 110 valence electrons. The molecule has 6 nitrogen and oxygen atoms in total. The van der Waals surface area contributed by atoms with Gasteiger partial charge in [-0.15, -0.1) is 0 Å². The molecule has 0 radical (unpaired) electrons. The SMILES string of the molecule is COc1ccccc1CN(C)c1nc(Cl)ccc1[N+](=O)[O-]. The number of methoxy groups -OCH3 is 1. The second kappa shape index (κ2) is 6.41. The molecule has 2 rings (SSSR count). The molecule has 0 atom stereocenters. The van der Waals surface area contributed by atoms with Gasteiger partial charge in [0.05, 0.1) is 12.0 Å². The monoisotopic (exact) mass is 307 g/mol. The lowest BCUT2D eigenvalue weighted by Crippen LogP contribution is -2.19. The number of anilines is 1. The van der Waals surface area contributed by atoms with Crippen LogP contribution in [-0.2, 0) is 6.54 Å².